The second kappa shape index (κ2) is 11.6. The Kier molecular flexibility index (Phi) is 8.34. The van der Waals surface area contributed by atoms with Crippen LogP contribution in [-0.2, 0) is 22.5 Å². The summed E-state index contributed by atoms with van der Waals surface area (Å²) in [6.07, 6.45) is 6.03. The topological polar surface area (TPSA) is 64.4 Å². The highest BCUT2D eigenvalue weighted by molar-refractivity contribution is 5.83. The van der Waals surface area contributed by atoms with Crippen LogP contribution in [0, 0.1) is 24.6 Å². The van der Waals surface area contributed by atoms with Gasteiger partial charge in [0, 0.05) is 23.4 Å². The van der Waals surface area contributed by atoms with E-state index in [1.807, 2.05) is 37.3 Å². The third-order valence-corrected chi connectivity index (χ3v) is 6.96. The molecule has 0 saturated heterocycles. The van der Waals surface area contributed by atoms with E-state index in [9.17, 15) is 4.79 Å². The summed E-state index contributed by atoms with van der Waals surface area (Å²) in [4.78, 5) is 10.7. The van der Waals surface area contributed by atoms with Crippen molar-refractivity contribution in [1.29, 1.82) is 0 Å². The molecule has 5 nitrogen and oxygen atoms in total. The maximum Gasteiger partial charge on any atom is 0.329 e. The van der Waals surface area contributed by atoms with Crippen molar-refractivity contribution in [3.63, 3.8) is 0 Å². The Hall–Kier alpha value is -2.99. The first kappa shape index (κ1) is 25.1. The van der Waals surface area contributed by atoms with E-state index in [-0.39, 0.29) is 12.4 Å². The number of hydrogen-bond donors (Lipinski definition) is 1. The summed E-state index contributed by atoms with van der Waals surface area (Å²) in [6, 6.07) is 15.6. The minimum absolute atomic E-state index is 0.228. The molecular weight excluding hydrogens is 443 g/mol. The first-order valence-corrected chi connectivity index (χ1v) is 12.7. The summed E-state index contributed by atoms with van der Waals surface area (Å²) in [5, 5.41) is 13.8. The molecular formula is C29H35FN2O3. The molecule has 1 fully saturated rings. The number of carbonyl (C=O) groups is 1. The first-order chi connectivity index (χ1) is 17.0. The maximum atomic E-state index is 15.1. The zero-order chi connectivity index (χ0) is 24.8. The standard InChI is InChI=1S/C29H35FN2O3/c1-3-7-26-28(23-8-5-4-6-9-23)29(24-15-10-20(2)16-25(24)30)31-32(26)17-21-11-13-22(14-12-21)18-35-19-27(33)34/h4-6,8-10,15-16,21-22H,3,7,11-14,17-19H2,1-2H3,(H,33,34). The molecule has 1 aliphatic carbocycles. The van der Waals surface area contributed by atoms with Gasteiger partial charge in [-0.3, -0.25) is 4.68 Å². The molecule has 0 radical (unpaired) electrons. The van der Waals surface area contributed by atoms with E-state index in [0.717, 1.165) is 61.8 Å². The number of aromatic nitrogens is 2. The van der Waals surface area contributed by atoms with E-state index >= 15 is 4.39 Å². The Morgan fingerprint density at radius 2 is 1.83 bits per heavy atom. The third-order valence-electron chi connectivity index (χ3n) is 6.96. The zero-order valence-electron chi connectivity index (χ0n) is 20.7. The van der Waals surface area contributed by atoms with E-state index < -0.39 is 5.97 Å². The monoisotopic (exact) mass is 478 g/mol. The van der Waals surface area contributed by atoms with E-state index in [1.165, 1.54) is 5.69 Å². The molecule has 0 amide bonds. The Morgan fingerprint density at radius 3 is 2.49 bits per heavy atom. The molecule has 35 heavy (non-hydrogen) atoms. The van der Waals surface area contributed by atoms with Gasteiger partial charge in [0.05, 0.1) is 6.61 Å². The second-order valence-electron chi connectivity index (χ2n) is 9.75. The average molecular weight is 479 g/mol. The van der Waals surface area contributed by atoms with Gasteiger partial charge in [-0.15, -0.1) is 0 Å². The predicted molar refractivity (Wildman–Crippen MR) is 136 cm³/mol. The smallest absolute Gasteiger partial charge is 0.329 e. The van der Waals surface area contributed by atoms with E-state index in [4.69, 9.17) is 14.9 Å². The van der Waals surface area contributed by atoms with Gasteiger partial charge in [0.2, 0.25) is 0 Å². The number of carboxylic acid groups (broad SMARTS) is 1. The highest BCUT2D eigenvalue weighted by Crippen LogP contribution is 2.38. The lowest BCUT2D eigenvalue weighted by Gasteiger charge is -2.28. The molecule has 3 aromatic rings. The van der Waals surface area contributed by atoms with Crippen molar-refractivity contribution in [2.24, 2.45) is 11.8 Å². The zero-order valence-corrected chi connectivity index (χ0v) is 20.7. The van der Waals surface area contributed by atoms with Gasteiger partial charge in [0.15, 0.2) is 0 Å². The van der Waals surface area contributed by atoms with Crippen LogP contribution in [0.3, 0.4) is 0 Å². The van der Waals surface area contributed by atoms with Crippen molar-refractivity contribution in [3.05, 3.63) is 65.6 Å². The Labute approximate surface area is 206 Å². The highest BCUT2D eigenvalue weighted by atomic mass is 19.1. The highest BCUT2D eigenvalue weighted by Gasteiger charge is 2.26. The van der Waals surface area contributed by atoms with Crippen LogP contribution in [0.1, 0.15) is 50.3 Å². The second-order valence-corrected chi connectivity index (χ2v) is 9.75. The number of hydrogen-bond acceptors (Lipinski definition) is 3. The van der Waals surface area contributed by atoms with Crippen LogP contribution in [0.15, 0.2) is 48.5 Å². The Bertz CT molecular complexity index is 1130. The van der Waals surface area contributed by atoms with E-state index in [0.29, 0.717) is 29.7 Å². The van der Waals surface area contributed by atoms with Crippen molar-refractivity contribution < 1.29 is 19.0 Å². The number of aliphatic carboxylic acids is 1. The Balaban J connectivity index is 1.61. The first-order valence-electron chi connectivity index (χ1n) is 12.7. The molecule has 186 valence electrons. The maximum absolute atomic E-state index is 15.1. The Morgan fingerprint density at radius 1 is 1.11 bits per heavy atom. The van der Waals surface area contributed by atoms with Gasteiger partial charge in [-0.25, -0.2) is 9.18 Å². The average Bonchev–Trinajstić information content (AvgIpc) is 3.18. The minimum Gasteiger partial charge on any atom is -0.480 e. The van der Waals surface area contributed by atoms with Crippen molar-refractivity contribution in [2.45, 2.75) is 58.9 Å². The predicted octanol–water partition coefficient (Wildman–Crippen LogP) is 6.52. The van der Waals surface area contributed by atoms with Gasteiger partial charge in [-0.2, -0.15) is 5.10 Å². The molecule has 1 aliphatic rings. The van der Waals surface area contributed by atoms with Crippen molar-refractivity contribution in [3.8, 4) is 22.4 Å². The summed E-state index contributed by atoms with van der Waals surface area (Å²) in [5.41, 5.74) is 5.42. The molecule has 0 spiro atoms. The summed E-state index contributed by atoms with van der Waals surface area (Å²) < 4.78 is 22.6. The van der Waals surface area contributed by atoms with Crippen LogP contribution in [-0.4, -0.2) is 34.1 Å². The number of carboxylic acids is 1. The lowest BCUT2D eigenvalue weighted by molar-refractivity contribution is -0.142. The SMILES string of the molecule is CCCc1c(-c2ccccc2)c(-c2ccc(C)cc2F)nn1CC1CCC(COCC(=O)O)CC1. The van der Waals surface area contributed by atoms with Gasteiger partial charge in [-0.05, 0) is 74.1 Å². The molecule has 1 heterocycles. The number of halogens is 1. The van der Waals surface area contributed by atoms with Crippen LogP contribution in [0.2, 0.25) is 0 Å². The summed E-state index contributed by atoms with van der Waals surface area (Å²) >= 11 is 0. The summed E-state index contributed by atoms with van der Waals surface area (Å²) in [6.45, 7) is 5.16. The largest absolute Gasteiger partial charge is 0.480 e. The number of aryl methyl sites for hydroxylation is 1. The van der Waals surface area contributed by atoms with Gasteiger partial charge in [-0.1, -0.05) is 49.7 Å². The molecule has 0 bridgehead atoms. The van der Waals surface area contributed by atoms with Crippen molar-refractivity contribution in [1.82, 2.24) is 9.78 Å². The van der Waals surface area contributed by atoms with E-state index in [1.54, 1.807) is 6.07 Å². The molecule has 1 N–H and O–H groups in total. The summed E-state index contributed by atoms with van der Waals surface area (Å²) in [7, 11) is 0. The fraction of sp³-hybridized carbons (Fsp3) is 0.448. The molecule has 1 aromatic heterocycles. The number of rotatable bonds is 10. The minimum atomic E-state index is -0.921. The van der Waals surface area contributed by atoms with Crippen molar-refractivity contribution >= 4 is 5.97 Å². The van der Waals surface area contributed by atoms with Crippen LogP contribution < -0.4 is 0 Å². The van der Waals surface area contributed by atoms with Crippen molar-refractivity contribution in [2.75, 3.05) is 13.2 Å². The van der Waals surface area contributed by atoms with Crippen LogP contribution in [0.25, 0.3) is 22.4 Å². The number of nitrogens with zero attached hydrogens (tertiary/aromatic N) is 2. The van der Waals surface area contributed by atoms with Gasteiger partial charge in [0.1, 0.15) is 18.1 Å². The van der Waals surface area contributed by atoms with Crippen LogP contribution in [0.4, 0.5) is 4.39 Å². The molecule has 1 saturated carbocycles. The quantitative estimate of drug-likeness (QED) is 0.360. The van der Waals surface area contributed by atoms with Crippen LogP contribution >= 0.6 is 0 Å². The van der Waals surface area contributed by atoms with Gasteiger partial charge >= 0.3 is 5.97 Å². The molecule has 0 unspecified atom stereocenters. The van der Waals surface area contributed by atoms with Gasteiger partial charge < -0.3 is 9.84 Å². The number of ether oxygens (including phenoxy) is 1. The normalized spacial score (nSPS) is 18.0. The van der Waals surface area contributed by atoms with Gasteiger partial charge in [0.25, 0.3) is 0 Å². The lowest BCUT2D eigenvalue weighted by Crippen LogP contribution is -2.23. The number of benzene rings is 2. The fourth-order valence-electron chi connectivity index (χ4n) is 5.19. The molecule has 2 aromatic carbocycles. The fourth-order valence-corrected chi connectivity index (χ4v) is 5.19. The summed E-state index contributed by atoms with van der Waals surface area (Å²) in [5.74, 6) is -0.261. The van der Waals surface area contributed by atoms with Crippen LogP contribution in [0.5, 0.6) is 0 Å². The molecule has 4 rings (SSSR count). The molecule has 0 aliphatic heterocycles. The third kappa shape index (κ3) is 6.17. The lowest BCUT2D eigenvalue weighted by atomic mass is 9.82. The molecule has 6 heteroatoms. The van der Waals surface area contributed by atoms with E-state index in [2.05, 4.69) is 23.7 Å². The molecule has 0 atom stereocenters.